The lowest BCUT2D eigenvalue weighted by molar-refractivity contribution is -0.649. The van der Waals surface area contributed by atoms with Crippen molar-refractivity contribution in [1.82, 2.24) is 4.98 Å². The molecule has 1 heterocycles. The van der Waals surface area contributed by atoms with Gasteiger partial charge in [-0.25, -0.2) is 0 Å². The molecule has 0 atom stereocenters. The normalized spacial score (nSPS) is 10.6. The van der Waals surface area contributed by atoms with Crippen LogP contribution in [0.1, 0.15) is 11.1 Å². The van der Waals surface area contributed by atoms with Crippen molar-refractivity contribution >= 4 is 0 Å². The first kappa shape index (κ1) is 13.5. The van der Waals surface area contributed by atoms with Crippen molar-refractivity contribution in [3.8, 4) is 22.5 Å². The molecule has 0 fully saturated rings. The number of hydrogen-bond donors (Lipinski definition) is 0. The quantitative estimate of drug-likeness (QED) is 0.649. The Kier molecular flexibility index (Phi) is 3.53. The van der Waals surface area contributed by atoms with Crippen molar-refractivity contribution in [2.24, 2.45) is 7.05 Å². The van der Waals surface area contributed by atoms with Gasteiger partial charge in [-0.1, -0.05) is 36.4 Å². The van der Waals surface area contributed by atoms with E-state index in [2.05, 4.69) is 79.0 Å². The minimum Gasteiger partial charge on any atom is -0.251 e. The highest BCUT2D eigenvalue weighted by atomic mass is 15.0. The molecular formula is C19H19N2+. The van der Waals surface area contributed by atoms with E-state index in [4.69, 9.17) is 0 Å². The van der Waals surface area contributed by atoms with E-state index in [1.54, 1.807) is 0 Å². The van der Waals surface area contributed by atoms with Crippen LogP contribution in [0.15, 0.2) is 60.9 Å². The zero-order valence-electron chi connectivity index (χ0n) is 12.7. The van der Waals surface area contributed by atoms with E-state index in [9.17, 15) is 0 Å². The van der Waals surface area contributed by atoms with Gasteiger partial charge in [0.2, 0.25) is 11.4 Å². The Morgan fingerprint density at radius 3 is 1.57 bits per heavy atom. The zero-order chi connectivity index (χ0) is 14.8. The molecule has 0 amide bonds. The average molecular weight is 275 g/mol. The highest BCUT2D eigenvalue weighted by molar-refractivity contribution is 5.64. The topological polar surface area (TPSA) is 16.8 Å². The molecule has 0 unspecified atom stereocenters. The number of benzene rings is 2. The first-order valence-electron chi connectivity index (χ1n) is 7.14. The van der Waals surface area contributed by atoms with E-state index in [1.165, 1.54) is 22.3 Å². The molecule has 0 aliphatic heterocycles. The van der Waals surface area contributed by atoms with Gasteiger partial charge in [0, 0.05) is 0 Å². The molecule has 104 valence electrons. The van der Waals surface area contributed by atoms with Crippen molar-refractivity contribution in [1.29, 1.82) is 0 Å². The summed E-state index contributed by atoms with van der Waals surface area (Å²) in [5, 5.41) is 0. The predicted molar refractivity (Wildman–Crippen MR) is 85.8 cm³/mol. The Morgan fingerprint density at radius 1 is 0.714 bits per heavy atom. The Morgan fingerprint density at radius 2 is 1.14 bits per heavy atom. The Hall–Kier alpha value is -2.48. The number of rotatable bonds is 2. The summed E-state index contributed by atoms with van der Waals surface area (Å²) >= 11 is 0. The molecule has 2 aromatic carbocycles. The average Bonchev–Trinajstić information content (AvgIpc) is 2.49. The fourth-order valence-corrected chi connectivity index (χ4v) is 2.70. The summed E-state index contributed by atoms with van der Waals surface area (Å²) in [5.74, 6) is 0. The number of aromatic nitrogens is 2. The molecular weight excluding hydrogens is 256 g/mol. The minimum atomic E-state index is 1.13. The van der Waals surface area contributed by atoms with Crippen LogP contribution in [0.5, 0.6) is 0 Å². The van der Waals surface area contributed by atoms with Crippen LogP contribution in [0.25, 0.3) is 22.5 Å². The smallest absolute Gasteiger partial charge is 0.231 e. The van der Waals surface area contributed by atoms with E-state index < -0.39 is 0 Å². The van der Waals surface area contributed by atoms with Crippen molar-refractivity contribution in [3.05, 3.63) is 72.1 Å². The van der Waals surface area contributed by atoms with Gasteiger partial charge in [0.25, 0.3) is 0 Å². The Labute approximate surface area is 125 Å². The van der Waals surface area contributed by atoms with Crippen molar-refractivity contribution in [2.45, 2.75) is 13.8 Å². The second-order valence-corrected chi connectivity index (χ2v) is 5.37. The molecule has 21 heavy (non-hydrogen) atoms. The summed E-state index contributed by atoms with van der Waals surface area (Å²) in [6.07, 6.45) is 3.87. The van der Waals surface area contributed by atoms with Gasteiger partial charge in [-0.05, 0) is 37.1 Å². The first-order valence-corrected chi connectivity index (χ1v) is 7.14. The van der Waals surface area contributed by atoms with Gasteiger partial charge in [0.05, 0.1) is 23.5 Å². The standard InChI is InChI=1S/C19H19N2/c1-14-8-4-6-10-16(14)18-12-20-13-19(21(18)3)17-11-7-5-9-15(17)2/h4-13H,1-3H3/q+1. The lowest BCUT2D eigenvalue weighted by Crippen LogP contribution is -2.34. The van der Waals surface area contributed by atoms with Crippen LogP contribution in [0, 0.1) is 13.8 Å². The third-order valence-electron chi connectivity index (χ3n) is 3.96. The molecule has 0 saturated heterocycles. The fraction of sp³-hybridized carbons (Fsp3) is 0.158. The maximum atomic E-state index is 4.46. The SMILES string of the molecule is Cc1ccccc1-c1cncc(-c2ccccc2C)[n+]1C. The maximum absolute atomic E-state index is 4.46. The summed E-state index contributed by atoms with van der Waals surface area (Å²) in [6, 6.07) is 16.8. The molecule has 1 aromatic heterocycles. The van der Waals surface area contributed by atoms with Crippen LogP contribution in [-0.2, 0) is 7.05 Å². The molecule has 3 rings (SSSR count). The third-order valence-corrected chi connectivity index (χ3v) is 3.96. The van der Waals surface area contributed by atoms with Gasteiger partial charge in [0.15, 0.2) is 0 Å². The Bertz CT molecular complexity index is 727. The van der Waals surface area contributed by atoms with Crippen molar-refractivity contribution in [2.75, 3.05) is 0 Å². The predicted octanol–water partition coefficient (Wildman–Crippen LogP) is 3.86. The van der Waals surface area contributed by atoms with Crippen molar-refractivity contribution in [3.63, 3.8) is 0 Å². The highest BCUT2D eigenvalue weighted by Crippen LogP contribution is 2.23. The van der Waals surface area contributed by atoms with Crippen LogP contribution in [0.3, 0.4) is 0 Å². The molecule has 0 aliphatic rings. The molecule has 0 aliphatic carbocycles. The van der Waals surface area contributed by atoms with Gasteiger partial charge < -0.3 is 0 Å². The van der Waals surface area contributed by atoms with Gasteiger partial charge in [0.1, 0.15) is 7.05 Å². The van der Waals surface area contributed by atoms with Crippen LogP contribution in [-0.4, -0.2) is 4.98 Å². The summed E-state index contributed by atoms with van der Waals surface area (Å²) in [6.45, 7) is 4.27. The summed E-state index contributed by atoms with van der Waals surface area (Å²) in [4.78, 5) is 4.46. The van der Waals surface area contributed by atoms with Crippen molar-refractivity contribution < 1.29 is 4.57 Å². The molecule has 2 heteroatoms. The van der Waals surface area contributed by atoms with E-state index in [0.29, 0.717) is 0 Å². The molecule has 0 bridgehead atoms. The number of hydrogen-bond acceptors (Lipinski definition) is 1. The lowest BCUT2D eigenvalue weighted by atomic mass is 10.0. The third kappa shape index (κ3) is 2.45. The molecule has 0 radical (unpaired) electrons. The van der Waals surface area contributed by atoms with Gasteiger partial charge >= 0.3 is 0 Å². The monoisotopic (exact) mass is 275 g/mol. The van der Waals surface area contributed by atoms with Crippen LogP contribution in [0.2, 0.25) is 0 Å². The molecule has 0 N–H and O–H groups in total. The van der Waals surface area contributed by atoms with Crippen LogP contribution >= 0.6 is 0 Å². The first-order chi connectivity index (χ1) is 10.2. The number of nitrogens with zero attached hydrogens (tertiary/aromatic N) is 2. The molecule has 3 aromatic rings. The van der Waals surface area contributed by atoms with E-state index in [1.807, 2.05) is 12.4 Å². The van der Waals surface area contributed by atoms with E-state index >= 15 is 0 Å². The van der Waals surface area contributed by atoms with Crippen LogP contribution < -0.4 is 4.57 Å². The van der Waals surface area contributed by atoms with E-state index in [0.717, 1.165) is 11.4 Å². The molecule has 0 spiro atoms. The van der Waals surface area contributed by atoms with Gasteiger partial charge in [-0.3, -0.25) is 4.98 Å². The second kappa shape index (κ2) is 5.49. The summed E-state index contributed by atoms with van der Waals surface area (Å²) < 4.78 is 2.22. The largest absolute Gasteiger partial charge is 0.251 e. The second-order valence-electron chi connectivity index (χ2n) is 5.37. The maximum Gasteiger partial charge on any atom is 0.231 e. The minimum absolute atomic E-state index is 1.13. The van der Waals surface area contributed by atoms with Gasteiger partial charge in [-0.2, -0.15) is 4.57 Å². The molecule has 2 nitrogen and oxygen atoms in total. The van der Waals surface area contributed by atoms with E-state index in [-0.39, 0.29) is 0 Å². The van der Waals surface area contributed by atoms with Gasteiger partial charge in [-0.15, -0.1) is 0 Å². The lowest BCUT2D eigenvalue weighted by Gasteiger charge is -2.08. The summed E-state index contributed by atoms with van der Waals surface area (Å²) in [7, 11) is 2.10. The Balaban J connectivity index is 2.21. The summed E-state index contributed by atoms with van der Waals surface area (Å²) in [5.41, 5.74) is 7.24. The van der Waals surface area contributed by atoms with Crippen LogP contribution in [0.4, 0.5) is 0 Å². The zero-order valence-corrected chi connectivity index (χ0v) is 12.7. The number of aryl methyl sites for hydroxylation is 2. The fourth-order valence-electron chi connectivity index (χ4n) is 2.70. The molecule has 0 saturated carbocycles. The highest BCUT2D eigenvalue weighted by Gasteiger charge is 2.19.